The third-order valence-electron chi connectivity index (χ3n) is 4.70. The van der Waals surface area contributed by atoms with Crippen LogP contribution in [0.25, 0.3) is 0 Å². The lowest BCUT2D eigenvalue weighted by Gasteiger charge is -2.21. The van der Waals surface area contributed by atoms with Crippen LogP contribution in [0.3, 0.4) is 0 Å². The van der Waals surface area contributed by atoms with E-state index in [0.717, 1.165) is 24.4 Å². The van der Waals surface area contributed by atoms with Crippen LogP contribution in [0, 0.1) is 0 Å². The molecule has 2 aliphatic rings. The average molecular weight is 296 g/mol. The second-order valence-electron chi connectivity index (χ2n) is 6.03. The van der Waals surface area contributed by atoms with Crippen LogP contribution >= 0.6 is 0 Å². The molecule has 0 N–H and O–H groups in total. The number of aliphatic imine (C=N–C) groups is 1. The Morgan fingerprint density at radius 2 is 1.61 bits per heavy atom. The van der Waals surface area contributed by atoms with Gasteiger partial charge in [0.15, 0.2) is 0 Å². The highest BCUT2D eigenvalue weighted by molar-refractivity contribution is 6.19. The van der Waals surface area contributed by atoms with E-state index in [1.807, 2.05) is 0 Å². The minimum atomic E-state index is 1.03. The number of hydrogen-bond acceptors (Lipinski definition) is 2. The SMILES string of the molecule is c1ccc(C2=Nc3ccccc3N3CCc4cccc2c43)cc1. The molecule has 0 aliphatic carbocycles. The van der Waals surface area contributed by atoms with Crippen molar-refractivity contribution in [3.8, 4) is 0 Å². The third-order valence-corrected chi connectivity index (χ3v) is 4.70. The van der Waals surface area contributed by atoms with Gasteiger partial charge in [0.25, 0.3) is 0 Å². The summed E-state index contributed by atoms with van der Waals surface area (Å²) in [5.41, 5.74) is 8.49. The standard InChI is InChI=1S/C21H16N2/c1-2-7-15(8-3-1)20-17-10-6-9-16-13-14-23(21(16)17)19-12-5-4-11-18(19)22-20/h1-12H,13-14H2. The van der Waals surface area contributed by atoms with E-state index in [-0.39, 0.29) is 0 Å². The Morgan fingerprint density at radius 1 is 0.783 bits per heavy atom. The van der Waals surface area contributed by atoms with Gasteiger partial charge in [-0.25, -0.2) is 4.99 Å². The Hall–Kier alpha value is -2.87. The molecule has 0 amide bonds. The summed E-state index contributed by atoms with van der Waals surface area (Å²) in [5.74, 6) is 0. The highest BCUT2D eigenvalue weighted by Gasteiger charge is 2.29. The van der Waals surface area contributed by atoms with E-state index in [0.29, 0.717) is 0 Å². The lowest BCUT2D eigenvalue weighted by atomic mass is 9.98. The van der Waals surface area contributed by atoms with Crippen molar-refractivity contribution in [3.05, 3.63) is 89.5 Å². The molecule has 0 fully saturated rings. The van der Waals surface area contributed by atoms with Crippen molar-refractivity contribution < 1.29 is 0 Å². The van der Waals surface area contributed by atoms with Gasteiger partial charge in [0.1, 0.15) is 0 Å². The maximum Gasteiger partial charge on any atom is 0.0874 e. The fourth-order valence-corrected chi connectivity index (χ4v) is 3.67. The maximum atomic E-state index is 5.05. The number of nitrogens with zero attached hydrogens (tertiary/aromatic N) is 2. The molecule has 23 heavy (non-hydrogen) atoms. The van der Waals surface area contributed by atoms with Gasteiger partial charge in [-0.1, -0.05) is 60.7 Å². The molecule has 110 valence electrons. The van der Waals surface area contributed by atoms with Crippen molar-refractivity contribution in [2.24, 2.45) is 4.99 Å². The number of rotatable bonds is 1. The second kappa shape index (κ2) is 4.82. The summed E-state index contributed by atoms with van der Waals surface area (Å²) in [6.45, 7) is 1.03. The first-order valence-electron chi connectivity index (χ1n) is 8.05. The van der Waals surface area contributed by atoms with E-state index >= 15 is 0 Å². The first-order chi connectivity index (χ1) is 11.4. The molecular weight excluding hydrogens is 280 g/mol. The number of benzene rings is 3. The largest absolute Gasteiger partial charge is 0.339 e. The van der Waals surface area contributed by atoms with E-state index in [9.17, 15) is 0 Å². The van der Waals surface area contributed by atoms with Crippen LogP contribution in [0.15, 0.2) is 77.8 Å². The topological polar surface area (TPSA) is 15.6 Å². The molecule has 0 aromatic heterocycles. The van der Waals surface area contributed by atoms with E-state index in [2.05, 4.69) is 77.7 Å². The summed E-state index contributed by atoms with van der Waals surface area (Å²) < 4.78 is 0. The molecule has 0 atom stereocenters. The molecule has 0 bridgehead atoms. The maximum absolute atomic E-state index is 5.05. The van der Waals surface area contributed by atoms with Crippen LogP contribution in [0.2, 0.25) is 0 Å². The van der Waals surface area contributed by atoms with Crippen LogP contribution in [-0.2, 0) is 6.42 Å². The van der Waals surface area contributed by atoms with Crippen molar-refractivity contribution in [1.82, 2.24) is 0 Å². The molecule has 5 rings (SSSR count). The molecule has 2 nitrogen and oxygen atoms in total. The summed E-state index contributed by atoms with van der Waals surface area (Å²) in [7, 11) is 0. The van der Waals surface area contributed by atoms with E-state index in [1.165, 1.54) is 28.1 Å². The van der Waals surface area contributed by atoms with E-state index < -0.39 is 0 Å². The van der Waals surface area contributed by atoms with Gasteiger partial charge in [0, 0.05) is 17.7 Å². The Morgan fingerprint density at radius 3 is 2.52 bits per heavy atom. The van der Waals surface area contributed by atoms with Gasteiger partial charge < -0.3 is 4.90 Å². The number of fused-ring (bicyclic) bond motifs is 2. The highest BCUT2D eigenvalue weighted by atomic mass is 15.2. The Labute approximate surface area is 135 Å². The number of para-hydroxylation sites is 3. The molecule has 3 aromatic carbocycles. The molecule has 0 radical (unpaired) electrons. The van der Waals surface area contributed by atoms with Gasteiger partial charge in [0.2, 0.25) is 0 Å². The molecular formula is C21H16N2. The quantitative estimate of drug-likeness (QED) is 0.626. The summed E-state index contributed by atoms with van der Waals surface area (Å²) >= 11 is 0. The monoisotopic (exact) mass is 296 g/mol. The second-order valence-corrected chi connectivity index (χ2v) is 6.03. The van der Waals surface area contributed by atoms with Gasteiger partial charge in [-0.15, -0.1) is 0 Å². The van der Waals surface area contributed by atoms with Crippen molar-refractivity contribution in [2.45, 2.75) is 6.42 Å². The molecule has 2 heteroatoms. The fourth-order valence-electron chi connectivity index (χ4n) is 3.67. The van der Waals surface area contributed by atoms with Crippen LogP contribution in [0.5, 0.6) is 0 Å². The van der Waals surface area contributed by atoms with Crippen LogP contribution in [0.1, 0.15) is 16.7 Å². The summed E-state index contributed by atoms with van der Waals surface area (Å²) in [5, 5.41) is 0. The number of hydrogen-bond donors (Lipinski definition) is 0. The molecule has 2 heterocycles. The smallest absolute Gasteiger partial charge is 0.0874 e. The molecule has 0 spiro atoms. The lowest BCUT2D eigenvalue weighted by Crippen LogP contribution is -2.14. The molecule has 0 unspecified atom stereocenters. The first-order valence-corrected chi connectivity index (χ1v) is 8.05. The van der Waals surface area contributed by atoms with Crippen LogP contribution < -0.4 is 4.90 Å². The average Bonchev–Trinajstić information content (AvgIpc) is 2.98. The zero-order valence-corrected chi connectivity index (χ0v) is 12.7. The fraction of sp³-hybridized carbons (Fsp3) is 0.0952. The lowest BCUT2D eigenvalue weighted by molar-refractivity contribution is 0.999. The summed E-state index contributed by atoms with van der Waals surface area (Å²) in [6, 6.07) is 25.6. The Bertz CT molecular complexity index is 926. The minimum Gasteiger partial charge on any atom is -0.339 e. The van der Waals surface area contributed by atoms with Crippen LogP contribution in [0.4, 0.5) is 17.1 Å². The Kier molecular flexibility index (Phi) is 2.65. The zero-order valence-electron chi connectivity index (χ0n) is 12.7. The van der Waals surface area contributed by atoms with Crippen molar-refractivity contribution in [2.75, 3.05) is 11.4 Å². The van der Waals surface area contributed by atoms with Crippen molar-refractivity contribution >= 4 is 22.8 Å². The molecule has 0 saturated heterocycles. The normalized spacial score (nSPS) is 14.8. The third kappa shape index (κ3) is 1.85. The zero-order chi connectivity index (χ0) is 15.2. The highest BCUT2D eigenvalue weighted by Crippen LogP contribution is 2.44. The van der Waals surface area contributed by atoms with Gasteiger partial charge >= 0.3 is 0 Å². The van der Waals surface area contributed by atoms with Crippen molar-refractivity contribution in [3.63, 3.8) is 0 Å². The van der Waals surface area contributed by atoms with Crippen LogP contribution in [-0.4, -0.2) is 12.3 Å². The van der Waals surface area contributed by atoms with Crippen molar-refractivity contribution in [1.29, 1.82) is 0 Å². The van der Waals surface area contributed by atoms with Gasteiger partial charge in [-0.3, -0.25) is 0 Å². The van der Waals surface area contributed by atoms with Gasteiger partial charge in [-0.2, -0.15) is 0 Å². The Balaban J connectivity index is 1.86. The van der Waals surface area contributed by atoms with E-state index in [1.54, 1.807) is 0 Å². The first kappa shape index (κ1) is 12.7. The minimum absolute atomic E-state index is 1.03. The molecule has 2 aliphatic heterocycles. The van der Waals surface area contributed by atoms with E-state index in [4.69, 9.17) is 4.99 Å². The molecule has 3 aromatic rings. The predicted octanol–water partition coefficient (Wildman–Crippen LogP) is 4.86. The predicted molar refractivity (Wildman–Crippen MR) is 95.3 cm³/mol. The number of anilines is 2. The molecule has 0 saturated carbocycles. The van der Waals surface area contributed by atoms with Gasteiger partial charge in [-0.05, 0) is 24.1 Å². The van der Waals surface area contributed by atoms with Gasteiger partial charge in [0.05, 0.1) is 22.8 Å². The summed E-state index contributed by atoms with van der Waals surface area (Å²) in [6.07, 6.45) is 1.10. The summed E-state index contributed by atoms with van der Waals surface area (Å²) in [4.78, 5) is 7.48.